The van der Waals surface area contributed by atoms with Gasteiger partial charge in [0.1, 0.15) is 23.9 Å². The maximum Gasteiger partial charge on any atom is 0.119 e. The molecule has 1 aromatic heterocycles. The molecule has 0 unspecified atom stereocenters. The molecule has 0 fully saturated rings. The van der Waals surface area contributed by atoms with E-state index in [0.29, 0.717) is 6.61 Å². The molecule has 170 valence electrons. The minimum atomic E-state index is 0.209. The number of hydrogen-bond acceptors (Lipinski definition) is 5. The Hall–Kier alpha value is -3.77. The van der Waals surface area contributed by atoms with Crippen LogP contribution in [0.25, 0.3) is 28.2 Å². The quantitative estimate of drug-likeness (QED) is 0.396. The molecular formula is C27H29N3O3. The second-order valence-corrected chi connectivity index (χ2v) is 8.18. The molecular weight excluding hydrogens is 414 g/mol. The highest BCUT2D eigenvalue weighted by molar-refractivity contribution is 5.76. The van der Waals surface area contributed by atoms with Crippen molar-refractivity contribution in [3.63, 3.8) is 0 Å². The van der Waals surface area contributed by atoms with Gasteiger partial charge in [0.05, 0.1) is 17.1 Å². The Labute approximate surface area is 194 Å². The fourth-order valence-electron chi connectivity index (χ4n) is 3.77. The molecule has 0 spiro atoms. The number of ether oxygens (including phenoxy) is 1. The van der Waals surface area contributed by atoms with Gasteiger partial charge < -0.3 is 19.8 Å². The van der Waals surface area contributed by atoms with E-state index in [1.54, 1.807) is 24.3 Å². The van der Waals surface area contributed by atoms with Crippen LogP contribution < -0.4 is 4.74 Å². The van der Waals surface area contributed by atoms with Crippen LogP contribution >= 0.6 is 0 Å². The minimum absolute atomic E-state index is 0.209. The summed E-state index contributed by atoms with van der Waals surface area (Å²) in [5.41, 5.74) is 5.78. The second kappa shape index (κ2) is 9.79. The number of phenolic OH excluding ortho intramolecular Hbond substituents is 2. The maximum atomic E-state index is 9.77. The van der Waals surface area contributed by atoms with Crippen molar-refractivity contribution in [1.82, 2.24) is 14.7 Å². The summed E-state index contributed by atoms with van der Waals surface area (Å²) in [5.74, 6) is 1.26. The van der Waals surface area contributed by atoms with E-state index >= 15 is 0 Å². The van der Waals surface area contributed by atoms with Crippen LogP contribution in [0.4, 0.5) is 0 Å². The van der Waals surface area contributed by atoms with Gasteiger partial charge in [-0.15, -0.1) is 0 Å². The largest absolute Gasteiger partial charge is 0.508 e. The molecule has 0 aliphatic rings. The van der Waals surface area contributed by atoms with E-state index in [2.05, 4.69) is 24.0 Å². The van der Waals surface area contributed by atoms with Crippen LogP contribution in [0.3, 0.4) is 0 Å². The van der Waals surface area contributed by atoms with Crippen LogP contribution in [0, 0.1) is 0 Å². The molecule has 33 heavy (non-hydrogen) atoms. The van der Waals surface area contributed by atoms with Crippen molar-refractivity contribution in [2.75, 3.05) is 27.2 Å². The molecule has 6 nitrogen and oxygen atoms in total. The standard InChI is InChI=1S/C27H29N3O3/c1-4-25-26(19-5-11-22(31)12-6-19)28-30(21-9-13-23(32)14-10-21)27(25)20-7-15-24(16-8-20)33-18-17-29(2)3/h5-16,31-32H,4,17-18H2,1-3H3. The molecule has 0 saturated carbocycles. The zero-order valence-corrected chi connectivity index (χ0v) is 19.2. The SMILES string of the molecule is CCc1c(-c2ccc(O)cc2)nn(-c2ccc(O)cc2)c1-c1ccc(OCCN(C)C)cc1. The first-order valence-electron chi connectivity index (χ1n) is 11.0. The molecule has 0 amide bonds. The first-order valence-corrected chi connectivity index (χ1v) is 11.0. The maximum absolute atomic E-state index is 9.77. The number of aromatic nitrogens is 2. The molecule has 0 bridgehead atoms. The van der Waals surface area contributed by atoms with E-state index in [1.807, 2.05) is 55.2 Å². The van der Waals surface area contributed by atoms with Gasteiger partial charge in [-0.3, -0.25) is 0 Å². The fourth-order valence-corrected chi connectivity index (χ4v) is 3.77. The topological polar surface area (TPSA) is 70.8 Å². The summed E-state index contributed by atoms with van der Waals surface area (Å²) in [7, 11) is 4.05. The summed E-state index contributed by atoms with van der Waals surface area (Å²) in [6.45, 7) is 3.60. The predicted octanol–water partition coefficient (Wildman–Crippen LogP) is 5.12. The highest BCUT2D eigenvalue weighted by Gasteiger charge is 2.20. The van der Waals surface area contributed by atoms with Gasteiger partial charge in [0.15, 0.2) is 0 Å². The van der Waals surface area contributed by atoms with Crippen molar-refractivity contribution < 1.29 is 14.9 Å². The van der Waals surface area contributed by atoms with Crippen LogP contribution in [-0.4, -0.2) is 52.1 Å². The fraction of sp³-hybridized carbons (Fsp3) is 0.222. The molecule has 1 heterocycles. The minimum Gasteiger partial charge on any atom is -0.508 e. The summed E-state index contributed by atoms with van der Waals surface area (Å²) in [4.78, 5) is 2.09. The first kappa shape index (κ1) is 22.4. The zero-order valence-electron chi connectivity index (χ0n) is 19.2. The molecule has 0 aliphatic heterocycles. The first-order chi connectivity index (χ1) is 16.0. The normalized spacial score (nSPS) is 11.2. The smallest absolute Gasteiger partial charge is 0.119 e. The van der Waals surface area contributed by atoms with Crippen molar-refractivity contribution in [2.45, 2.75) is 13.3 Å². The molecule has 2 N–H and O–H groups in total. The third-order valence-corrected chi connectivity index (χ3v) is 5.51. The Morgan fingerprint density at radius 3 is 1.97 bits per heavy atom. The number of hydrogen-bond donors (Lipinski definition) is 2. The third kappa shape index (κ3) is 5.02. The molecule has 0 saturated heterocycles. The number of phenols is 2. The van der Waals surface area contributed by atoms with Gasteiger partial charge >= 0.3 is 0 Å². The van der Waals surface area contributed by atoms with Gasteiger partial charge in [-0.25, -0.2) is 4.68 Å². The van der Waals surface area contributed by atoms with Gasteiger partial charge in [-0.2, -0.15) is 5.10 Å². The van der Waals surface area contributed by atoms with Crippen LogP contribution in [0.1, 0.15) is 12.5 Å². The summed E-state index contributed by atoms with van der Waals surface area (Å²) >= 11 is 0. The average Bonchev–Trinajstić information content (AvgIpc) is 3.20. The van der Waals surface area contributed by atoms with Crippen LogP contribution in [0.2, 0.25) is 0 Å². The Balaban J connectivity index is 1.80. The van der Waals surface area contributed by atoms with Crippen molar-refractivity contribution in [3.8, 4) is 45.5 Å². The van der Waals surface area contributed by atoms with Gasteiger partial charge in [-0.1, -0.05) is 6.92 Å². The van der Waals surface area contributed by atoms with E-state index in [9.17, 15) is 10.2 Å². The lowest BCUT2D eigenvalue weighted by molar-refractivity contribution is 0.261. The van der Waals surface area contributed by atoms with Crippen LogP contribution in [-0.2, 0) is 6.42 Å². The lowest BCUT2D eigenvalue weighted by atomic mass is 9.99. The zero-order chi connectivity index (χ0) is 23.4. The summed E-state index contributed by atoms with van der Waals surface area (Å²) in [5, 5.41) is 24.5. The summed E-state index contributed by atoms with van der Waals surface area (Å²) < 4.78 is 7.78. The van der Waals surface area contributed by atoms with E-state index in [-0.39, 0.29) is 11.5 Å². The monoisotopic (exact) mass is 443 g/mol. The molecule has 3 aromatic carbocycles. The number of likely N-dealkylation sites (N-methyl/N-ethyl adjacent to an activating group) is 1. The molecule has 0 atom stereocenters. The van der Waals surface area contributed by atoms with Crippen LogP contribution in [0.5, 0.6) is 17.2 Å². The Morgan fingerprint density at radius 2 is 1.39 bits per heavy atom. The second-order valence-electron chi connectivity index (χ2n) is 8.18. The van der Waals surface area contributed by atoms with Crippen molar-refractivity contribution in [1.29, 1.82) is 0 Å². The molecule has 4 aromatic rings. The summed E-state index contributed by atoms with van der Waals surface area (Å²) in [6.07, 6.45) is 0.782. The molecule has 0 aliphatic carbocycles. The Kier molecular flexibility index (Phi) is 6.66. The third-order valence-electron chi connectivity index (χ3n) is 5.51. The van der Waals surface area contributed by atoms with Gasteiger partial charge in [0.2, 0.25) is 0 Å². The van der Waals surface area contributed by atoms with Crippen molar-refractivity contribution >= 4 is 0 Å². The lowest BCUT2D eigenvalue weighted by Gasteiger charge is -2.13. The molecule has 6 heteroatoms. The van der Waals surface area contributed by atoms with Gasteiger partial charge in [-0.05, 0) is 93.3 Å². The van der Waals surface area contributed by atoms with Gasteiger partial charge in [0, 0.05) is 23.2 Å². The van der Waals surface area contributed by atoms with E-state index in [1.165, 1.54) is 0 Å². The van der Waals surface area contributed by atoms with Crippen LogP contribution in [0.15, 0.2) is 72.8 Å². The van der Waals surface area contributed by atoms with Crippen molar-refractivity contribution in [2.24, 2.45) is 0 Å². The Morgan fingerprint density at radius 1 is 0.818 bits per heavy atom. The molecule has 0 radical (unpaired) electrons. The predicted molar refractivity (Wildman–Crippen MR) is 131 cm³/mol. The van der Waals surface area contributed by atoms with E-state index in [4.69, 9.17) is 9.84 Å². The number of nitrogens with zero attached hydrogens (tertiary/aromatic N) is 3. The number of rotatable bonds is 8. The number of aromatic hydroxyl groups is 2. The highest BCUT2D eigenvalue weighted by atomic mass is 16.5. The van der Waals surface area contributed by atoms with E-state index in [0.717, 1.165) is 52.5 Å². The molecule has 4 rings (SSSR count). The van der Waals surface area contributed by atoms with Crippen molar-refractivity contribution in [3.05, 3.63) is 78.4 Å². The highest BCUT2D eigenvalue weighted by Crippen LogP contribution is 2.36. The summed E-state index contributed by atoms with van der Waals surface area (Å²) in [6, 6.07) is 22.2. The average molecular weight is 444 g/mol. The lowest BCUT2D eigenvalue weighted by Crippen LogP contribution is -2.19. The van der Waals surface area contributed by atoms with E-state index < -0.39 is 0 Å². The number of benzene rings is 3. The van der Waals surface area contributed by atoms with Gasteiger partial charge in [0.25, 0.3) is 0 Å². The Bertz CT molecular complexity index is 1200.